The number of rotatable bonds is 12. The third-order valence-electron chi connectivity index (χ3n) is 7.37. The average Bonchev–Trinajstić information content (AvgIpc) is 3.04. The van der Waals surface area contributed by atoms with Gasteiger partial charge < -0.3 is 30.7 Å². The Labute approximate surface area is 284 Å². The van der Waals surface area contributed by atoms with Gasteiger partial charge in [0, 0.05) is 43.4 Å². The van der Waals surface area contributed by atoms with Crippen LogP contribution in [0, 0.1) is 5.82 Å². The van der Waals surface area contributed by atoms with E-state index in [4.69, 9.17) is 15.2 Å². The summed E-state index contributed by atoms with van der Waals surface area (Å²) in [5.74, 6) is -6.10. The molecular weight excluding hydrogens is 686 g/mol. The summed E-state index contributed by atoms with van der Waals surface area (Å²) in [7, 11) is -2.83. The number of benzene rings is 3. The maximum Gasteiger partial charge on any atom is 0.491 e. The van der Waals surface area contributed by atoms with Crippen molar-refractivity contribution in [2.45, 2.75) is 44.1 Å². The third-order valence-corrected chi connectivity index (χ3v) is 9.20. The molecule has 1 unspecified atom stereocenters. The monoisotopic (exact) mass is 719 g/mol. The number of amides is 2. The molecule has 2 amide bonds. The van der Waals surface area contributed by atoms with Gasteiger partial charge >= 0.3 is 12.1 Å². The van der Waals surface area contributed by atoms with E-state index in [-0.39, 0.29) is 50.8 Å². The van der Waals surface area contributed by atoms with Gasteiger partial charge in [-0.3, -0.25) is 9.59 Å². The summed E-state index contributed by atoms with van der Waals surface area (Å²) in [6.07, 6.45) is -4.32. The number of nitrogens with two attached hydrogens (primary N) is 1. The highest BCUT2D eigenvalue weighted by molar-refractivity contribution is 7.91. The number of hydrogen-bond acceptors (Lipinski definition) is 10. The number of nitrogen functional groups attached to an aromatic ring is 1. The summed E-state index contributed by atoms with van der Waals surface area (Å²) in [6, 6.07) is 12.4. The molecule has 1 atom stereocenters. The van der Waals surface area contributed by atoms with Crippen LogP contribution in [0.2, 0.25) is 0 Å². The summed E-state index contributed by atoms with van der Waals surface area (Å²) >= 11 is 0. The molecule has 0 saturated heterocycles. The molecule has 0 aliphatic carbocycles. The molecule has 4 aromatic rings. The predicted molar refractivity (Wildman–Crippen MR) is 176 cm³/mol. The van der Waals surface area contributed by atoms with E-state index in [2.05, 4.69) is 15.6 Å². The molecule has 17 heteroatoms. The first kappa shape index (κ1) is 37.4. The summed E-state index contributed by atoms with van der Waals surface area (Å²) in [4.78, 5) is 43.5. The number of nitrogens with zero attached hydrogens (tertiary/aromatic N) is 2. The van der Waals surface area contributed by atoms with Crippen LogP contribution in [0.15, 0.2) is 71.8 Å². The third kappa shape index (κ3) is 8.05. The van der Waals surface area contributed by atoms with E-state index in [1.165, 1.54) is 56.4 Å². The van der Waals surface area contributed by atoms with Crippen molar-refractivity contribution < 1.29 is 49.8 Å². The smallest absolute Gasteiger partial charge is 0.491 e. The number of aromatic nitrogens is 1. The molecule has 4 N–H and O–H groups in total. The van der Waals surface area contributed by atoms with Gasteiger partial charge in [-0.05, 0) is 66.4 Å². The SMILES string of the molecule is CCOc1cccc(C(Nc2cc3ccnc(N)c3cc2F)(OC(=O)C(F)(F)F)C(=O)N(C)Cc2cc(NC(C)=O)ccc2S(=O)(=O)CC)c1. The second-order valence-electron chi connectivity index (χ2n) is 11.0. The lowest BCUT2D eigenvalue weighted by molar-refractivity contribution is -0.215. The zero-order valence-electron chi connectivity index (χ0n) is 27.2. The van der Waals surface area contributed by atoms with Crippen molar-refractivity contribution in [2.75, 3.05) is 35.8 Å². The van der Waals surface area contributed by atoms with Crippen LogP contribution in [-0.4, -0.2) is 61.7 Å². The van der Waals surface area contributed by atoms with Gasteiger partial charge in [0.25, 0.3) is 11.6 Å². The van der Waals surface area contributed by atoms with Crippen LogP contribution in [0.25, 0.3) is 10.8 Å². The van der Waals surface area contributed by atoms with Crippen LogP contribution >= 0.6 is 0 Å². The van der Waals surface area contributed by atoms with E-state index in [0.29, 0.717) is 0 Å². The quantitative estimate of drug-likeness (QED) is 0.101. The van der Waals surface area contributed by atoms with Crippen molar-refractivity contribution in [1.82, 2.24) is 9.88 Å². The molecule has 4 rings (SSSR count). The molecule has 0 saturated carbocycles. The standard InChI is InChI=1S/C33H33F4N5O7S/c1-5-48-24-9-7-8-22(16-24)32(49-31(45)33(35,36)37,41-27-15-20-12-13-39-29(38)25(20)17-26(27)34)30(44)42(4)18-21-14-23(40-19(3)43)10-11-28(21)50(46,47)6-2/h7-17,41H,5-6,18H2,1-4H3,(H2,38,39)(H,40,43). The Bertz CT molecular complexity index is 2060. The summed E-state index contributed by atoms with van der Waals surface area (Å²) in [5, 5.41) is 5.35. The fourth-order valence-corrected chi connectivity index (χ4v) is 6.20. The number of likely N-dealkylation sites (N-methyl/N-ethyl adjacent to an activating group) is 1. The van der Waals surface area contributed by atoms with Gasteiger partial charge in [0.05, 0.1) is 22.9 Å². The zero-order valence-corrected chi connectivity index (χ0v) is 28.0. The molecule has 0 aliphatic rings. The Morgan fingerprint density at radius 3 is 2.38 bits per heavy atom. The van der Waals surface area contributed by atoms with Crippen LogP contribution in [0.1, 0.15) is 31.9 Å². The molecule has 1 aromatic heterocycles. The second-order valence-corrected chi connectivity index (χ2v) is 13.2. The minimum absolute atomic E-state index is 0.0343. The predicted octanol–water partition coefficient (Wildman–Crippen LogP) is 5.14. The van der Waals surface area contributed by atoms with Crippen molar-refractivity contribution in [3.8, 4) is 5.75 Å². The number of carbonyl (C=O) groups excluding carboxylic acids is 3. The van der Waals surface area contributed by atoms with E-state index in [1.807, 2.05) is 0 Å². The van der Waals surface area contributed by atoms with Crippen molar-refractivity contribution in [2.24, 2.45) is 0 Å². The number of alkyl halides is 3. The molecule has 0 bridgehead atoms. The Morgan fingerprint density at radius 2 is 1.74 bits per heavy atom. The van der Waals surface area contributed by atoms with Crippen molar-refractivity contribution in [3.63, 3.8) is 0 Å². The van der Waals surface area contributed by atoms with Gasteiger partial charge in [0.1, 0.15) is 17.4 Å². The van der Waals surface area contributed by atoms with Gasteiger partial charge in [-0.2, -0.15) is 13.2 Å². The maximum atomic E-state index is 15.7. The second kappa shape index (κ2) is 14.6. The van der Waals surface area contributed by atoms with E-state index in [9.17, 15) is 36.0 Å². The van der Waals surface area contributed by atoms with E-state index >= 15 is 4.39 Å². The van der Waals surface area contributed by atoms with Crippen LogP contribution in [0.5, 0.6) is 5.75 Å². The Balaban J connectivity index is 1.97. The normalized spacial score (nSPS) is 12.9. The van der Waals surface area contributed by atoms with Crippen LogP contribution in [-0.2, 0) is 41.2 Å². The first-order valence-electron chi connectivity index (χ1n) is 15.0. The Hall–Kier alpha value is -5.45. The number of carbonyl (C=O) groups is 3. The highest BCUT2D eigenvalue weighted by Crippen LogP contribution is 2.38. The molecular formula is C33H33F4N5O7S. The Morgan fingerprint density at radius 1 is 1.02 bits per heavy atom. The number of ether oxygens (including phenoxy) is 2. The first-order valence-corrected chi connectivity index (χ1v) is 16.6. The first-order chi connectivity index (χ1) is 23.4. The van der Waals surface area contributed by atoms with E-state index in [0.717, 1.165) is 36.2 Å². The van der Waals surface area contributed by atoms with E-state index < -0.39 is 63.1 Å². The van der Waals surface area contributed by atoms with Crippen LogP contribution in [0.3, 0.4) is 0 Å². The number of sulfone groups is 1. The fraction of sp³-hybridized carbons (Fsp3) is 0.273. The molecule has 3 aromatic carbocycles. The molecule has 1 heterocycles. The topological polar surface area (TPSA) is 170 Å². The van der Waals surface area contributed by atoms with Gasteiger partial charge in [-0.1, -0.05) is 19.1 Å². The lowest BCUT2D eigenvalue weighted by Crippen LogP contribution is -2.55. The number of nitrogens with one attached hydrogen (secondary N) is 2. The lowest BCUT2D eigenvalue weighted by Gasteiger charge is -2.37. The van der Waals surface area contributed by atoms with Gasteiger partial charge in [-0.25, -0.2) is 22.6 Å². The largest absolute Gasteiger partial charge is 0.494 e. The van der Waals surface area contributed by atoms with Crippen molar-refractivity contribution >= 4 is 55.6 Å². The molecule has 0 spiro atoms. The van der Waals surface area contributed by atoms with Gasteiger partial charge in [0.2, 0.25) is 5.91 Å². The number of pyridine rings is 1. The molecule has 0 radical (unpaired) electrons. The highest BCUT2D eigenvalue weighted by Gasteiger charge is 2.53. The Kier molecular flexibility index (Phi) is 10.9. The minimum Gasteiger partial charge on any atom is -0.494 e. The maximum absolute atomic E-state index is 15.7. The number of halogens is 4. The fourth-order valence-electron chi connectivity index (χ4n) is 5.09. The highest BCUT2D eigenvalue weighted by atomic mass is 32.2. The molecule has 0 fully saturated rings. The minimum atomic E-state index is -5.62. The summed E-state index contributed by atoms with van der Waals surface area (Å²) in [5.41, 5.74) is 1.89. The van der Waals surface area contributed by atoms with Crippen LogP contribution in [0.4, 0.5) is 34.8 Å². The van der Waals surface area contributed by atoms with E-state index in [1.54, 1.807) is 6.92 Å². The van der Waals surface area contributed by atoms with Gasteiger partial charge in [-0.15, -0.1) is 0 Å². The number of fused-ring (bicyclic) bond motifs is 1. The number of esters is 1. The summed E-state index contributed by atoms with van der Waals surface area (Å²) in [6.45, 7) is 3.74. The summed E-state index contributed by atoms with van der Waals surface area (Å²) < 4.78 is 94.0. The van der Waals surface area contributed by atoms with Crippen molar-refractivity contribution in [3.05, 3.63) is 83.8 Å². The van der Waals surface area contributed by atoms with Crippen molar-refractivity contribution in [1.29, 1.82) is 0 Å². The number of hydrogen-bond donors (Lipinski definition) is 3. The molecule has 266 valence electrons. The van der Waals surface area contributed by atoms with Gasteiger partial charge in [0.15, 0.2) is 9.84 Å². The molecule has 50 heavy (non-hydrogen) atoms. The molecule has 12 nitrogen and oxygen atoms in total. The van der Waals surface area contributed by atoms with Crippen LogP contribution < -0.4 is 21.1 Å². The lowest BCUT2D eigenvalue weighted by atomic mass is 9.98. The zero-order chi connectivity index (χ0) is 37.0. The number of anilines is 3. The molecule has 0 aliphatic heterocycles. The average molecular weight is 720 g/mol.